The van der Waals surface area contributed by atoms with Crippen molar-refractivity contribution in [2.75, 3.05) is 31.3 Å². The van der Waals surface area contributed by atoms with Gasteiger partial charge in [0.05, 0.1) is 24.5 Å². The first-order valence-electron chi connectivity index (χ1n) is 9.94. The average molecular weight is 507 g/mol. The average Bonchev–Trinajstić information content (AvgIpc) is 3.32. The summed E-state index contributed by atoms with van der Waals surface area (Å²) in [4.78, 5) is 24.3. The van der Waals surface area contributed by atoms with Crippen molar-refractivity contribution < 1.29 is 28.3 Å². The van der Waals surface area contributed by atoms with Crippen LogP contribution >= 0.6 is 31.6 Å². The van der Waals surface area contributed by atoms with Crippen LogP contribution in [0.1, 0.15) is 33.4 Å². The van der Waals surface area contributed by atoms with Crippen molar-refractivity contribution in [2.45, 2.75) is 39.5 Å². The number of imidazole rings is 1. The highest BCUT2D eigenvalue weighted by Gasteiger charge is 2.37. The number of aliphatic hydroxyl groups is 1. The van der Waals surface area contributed by atoms with Crippen molar-refractivity contribution in [2.24, 2.45) is 11.3 Å². The van der Waals surface area contributed by atoms with Gasteiger partial charge in [-0.1, -0.05) is 30.3 Å². The van der Waals surface area contributed by atoms with E-state index in [-0.39, 0.29) is 54.3 Å². The van der Waals surface area contributed by atoms with Crippen LogP contribution in [-0.2, 0) is 23.1 Å². The first-order valence-corrected chi connectivity index (χ1v) is 12.4. The van der Waals surface area contributed by atoms with E-state index in [0.29, 0.717) is 23.3 Å². The van der Waals surface area contributed by atoms with Gasteiger partial charge in [0, 0.05) is 16.2 Å². The summed E-state index contributed by atoms with van der Waals surface area (Å²) in [5, 5.41) is 9.21. The summed E-state index contributed by atoms with van der Waals surface area (Å²) in [7, 11) is -2.35. The summed E-state index contributed by atoms with van der Waals surface area (Å²) in [6.07, 6.45) is 1.58. The topological polar surface area (TPSA) is 152 Å². The van der Waals surface area contributed by atoms with Crippen LogP contribution in [-0.4, -0.2) is 61.4 Å². The van der Waals surface area contributed by atoms with Gasteiger partial charge in [0.2, 0.25) is 5.95 Å². The Labute approximate surface area is 195 Å². The van der Waals surface area contributed by atoms with E-state index >= 15 is 0 Å². The Morgan fingerprint density at radius 1 is 1.47 bits per heavy atom. The number of fused-ring (bicyclic) bond motifs is 1. The van der Waals surface area contributed by atoms with Gasteiger partial charge in [-0.25, -0.2) is 4.98 Å². The molecule has 11 nitrogen and oxygen atoms in total. The summed E-state index contributed by atoms with van der Waals surface area (Å²) in [5.41, 5.74) is 5.80. The van der Waals surface area contributed by atoms with Gasteiger partial charge in [0.15, 0.2) is 15.9 Å². The number of carbonyl (C=O) groups is 1. The maximum absolute atomic E-state index is 12.0. The predicted molar refractivity (Wildman–Crippen MR) is 120 cm³/mol. The number of nitrogen functional groups attached to an aromatic ring is 1. The van der Waals surface area contributed by atoms with E-state index in [2.05, 4.69) is 15.0 Å². The summed E-state index contributed by atoms with van der Waals surface area (Å²) < 4.78 is 30.2. The lowest BCUT2D eigenvalue weighted by molar-refractivity contribution is -0.119. The van der Waals surface area contributed by atoms with Crippen LogP contribution in [0.4, 0.5) is 5.95 Å². The van der Waals surface area contributed by atoms with E-state index in [1.807, 2.05) is 6.92 Å². The molecule has 0 amide bonds. The Hall–Kier alpha value is -1.40. The van der Waals surface area contributed by atoms with Crippen LogP contribution < -0.4 is 5.73 Å². The van der Waals surface area contributed by atoms with Crippen LogP contribution in [0.15, 0.2) is 6.33 Å². The molecule has 14 heteroatoms. The Bertz CT molecular complexity index is 992. The normalized spacial score (nSPS) is 21.9. The minimum Gasteiger partial charge on any atom is -0.395 e. The number of ether oxygens (including phenoxy) is 1. The molecule has 32 heavy (non-hydrogen) atoms. The fourth-order valence-corrected chi connectivity index (χ4v) is 4.89. The molecule has 2 aromatic rings. The number of rotatable bonds is 10. The zero-order chi connectivity index (χ0) is 23.5. The van der Waals surface area contributed by atoms with E-state index in [0.717, 1.165) is 11.8 Å². The number of carbonyl (C=O) groups excluding carboxylic acids is 1. The molecule has 2 aromatic heterocycles. The number of thioether (sulfide) groups is 1. The van der Waals surface area contributed by atoms with Crippen molar-refractivity contribution in [3.05, 3.63) is 11.5 Å². The third kappa shape index (κ3) is 5.93. The Morgan fingerprint density at radius 2 is 2.22 bits per heavy atom. The van der Waals surface area contributed by atoms with Crippen molar-refractivity contribution in [1.82, 2.24) is 19.5 Å². The van der Waals surface area contributed by atoms with Crippen LogP contribution in [0.25, 0.3) is 11.2 Å². The fourth-order valence-electron chi connectivity index (χ4n) is 3.14. The number of nitrogens with zero attached hydrogens (tertiary/aromatic N) is 4. The third-order valence-electron chi connectivity index (χ3n) is 4.95. The standard InChI is InChI=1S/C18H26ClN5O6PS/c1-10-6-11(7-29-31(27)28-4-5-32-16(26)18(2,3)8-25)30-15(10)24-9-21-12-13(19)22-17(20)23-14(12)24/h9-11,15,25H,4-8H2,1-3H3,(H2,20,22,23)/q+1/t10-,11-,15+/m0/s1. The molecule has 3 N–H and O–H groups in total. The smallest absolute Gasteiger partial charge is 0.395 e. The fraction of sp³-hybridized carbons (Fsp3) is 0.667. The molecule has 0 aliphatic carbocycles. The molecular weight excluding hydrogens is 481 g/mol. The third-order valence-corrected chi connectivity index (χ3v) is 7.15. The van der Waals surface area contributed by atoms with Crippen LogP contribution in [0.2, 0.25) is 5.15 Å². The molecule has 176 valence electrons. The second-order valence-electron chi connectivity index (χ2n) is 8.09. The highest BCUT2D eigenvalue weighted by atomic mass is 35.5. The predicted octanol–water partition coefficient (Wildman–Crippen LogP) is 2.95. The van der Waals surface area contributed by atoms with Crippen LogP contribution in [0.5, 0.6) is 0 Å². The molecule has 0 spiro atoms. The van der Waals surface area contributed by atoms with Gasteiger partial charge in [-0.2, -0.15) is 9.97 Å². The molecule has 0 bridgehead atoms. The first-order chi connectivity index (χ1) is 15.1. The van der Waals surface area contributed by atoms with E-state index < -0.39 is 13.7 Å². The van der Waals surface area contributed by atoms with Gasteiger partial charge < -0.3 is 15.6 Å². The lowest BCUT2D eigenvalue weighted by Crippen LogP contribution is -2.26. The number of nitrogens with two attached hydrogens (primary N) is 1. The van der Waals surface area contributed by atoms with E-state index in [1.54, 1.807) is 24.7 Å². The van der Waals surface area contributed by atoms with E-state index in [1.165, 1.54) is 0 Å². The second-order valence-corrected chi connectivity index (χ2v) is 10.5. The Kier molecular flexibility index (Phi) is 8.42. The highest BCUT2D eigenvalue weighted by molar-refractivity contribution is 8.13. The van der Waals surface area contributed by atoms with Crippen LogP contribution in [0.3, 0.4) is 0 Å². The maximum Gasteiger partial charge on any atom is 0.697 e. The summed E-state index contributed by atoms with van der Waals surface area (Å²) in [5.74, 6) is 0.461. The minimum absolute atomic E-state index is 0.0451. The molecule has 1 aliphatic rings. The molecule has 1 aliphatic heterocycles. The number of aromatic nitrogens is 4. The van der Waals surface area contributed by atoms with Gasteiger partial charge in [0.25, 0.3) is 0 Å². The summed E-state index contributed by atoms with van der Waals surface area (Å²) in [6, 6.07) is 0. The SMILES string of the molecule is C[C@H]1C[C@@H](CO[P+](=O)OCCSC(=O)C(C)(C)CO)O[C@H]1n1cnc2c(Cl)nc(N)nc21. The Morgan fingerprint density at radius 3 is 2.94 bits per heavy atom. The molecule has 0 radical (unpaired) electrons. The second kappa shape index (κ2) is 10.7. The molecule has 3 rings (SSSR count). The monoisotopic (exact) mass is 506 g/mol. The Balaban J connectivity index is 1.46. The van der Waals surface area contributed by atoms with Gasteiger partial charge in [0.1, 0.15) is 25.0 Å². The zero-order valence-corrected chi connectivity index (χ0v) is 20.4. The lowest BCUT2D eigenvalue weighted by Gasteiger charge is -2.18. The molecule has 4 atom stereocenters. The van der Waals surface area contributed by atoms with Gasteiger partial charge in [-0.05, 0) is 20.3 Å². The lowest BCUT2D eigenvalue weighted by atomic mass is 9.97. The molecular formula is C18H26ClN5O6PS+. The molecule has 1 unspecified atom stereocenters. The number of anilines is 1. The van der Waals surface area contributed by atoms with Crippen molar-refractivity contribution in [1.29, 1.82) is 0 Å². The first kappa shape index (κ1) is 25.2. The summed E-state index contributed by atoms with van der Waals surface area (Å²) >= 11 is 7.11. The highest BCUT2D eigenvalue weighted by Crippen LogP contribution is 2.37. The molecule has 1 fully saturated rings. The summed E-state index contributed by atoms with van der Waals surface area (Å²) in [6.45, 7) is 5.27. The number of aliphatic hydroxyl groups excluding tert-OH is 1. The number of hydrogen-bond acceptors (Lipinski definition) is 11. The zero-order valence-electron chi connectivity index (χ0n) is 17.9. The number of hydrogen-bond donors (Lipinski definition) is 2. The van der Waals surface area contributed by atoms with Crippen molar-refractivity contribution >= 4 is 53.8 Å². The van der Waals surface area contributed by atoms with Crippen molar-refractivity contribution in [3.8, 4) is 0 Å². The van der Waals surface area contributed by atoms with Gasteiger partial charge in [-0.3, -0.25) is 9.36 Å². The minimum atomic E-state index is -2.35. The number of halogens is 1. The van der Waals surface area contributed by atoms with Gasteiger partial charge in [-0.15, -0.1) is 9.05 Å². The molecule has 0 aromatic carbocycles. The molecule has 3 heterocycles. The van der Waals surface area contributed by atoms with Crippen molar-refractivity contribution in [3.63, 3.8) is 0 Å². The molecule has 1 saturated heterocycles. The van der Waals surface area contributed by atoms with E-state index in [9.17, 15) is 14.5 Å². The molecule has 0 saturated carbocycles. The largest absolute Gasteiger partial charge is 0.697 e. The van der Waals surface area contributed by atoms with Gasteiger partial charge >= 0.3 is 8.25 Å². The van der Waals surface area contributed by atoms with E-state index in [4.69, 9.17) is 31.1 Å². The maximum atomic E-state index is 12.0. The quantitative estimate of drug-likeness (QED) is 0.278. The van der Waals surface area contributed by atoms with Crippen LogP contribution in [0, 0.1) is 11.3 Å².